The van der Waals surface area contributed by atoms with Gasteiger partial charge >= 0.3 is 0 Å². The monoisotopic (exact) mass is 290 g/mol. The summed E-state index contributed by atoms with van der Waals surface area (Å²) in [5, 5.41) is 0. The fraction of sp³-hybridized carbons (Fsp3) is 1.00. The van der Waals surface area contributed by atoms with Gasteiger partial charge in [-0.25, -0.2) is 0 Å². The zero-order chi connectivity index (χ0) is 12.0. The lowest BCUT2D eigenvalue weighted by Crippen LogP contribution is -2.53. The average Bonchev–Trinajstić information content (AvgIpc) is 2.31. The molecule has 0 N–H and O–H groups in total. The third-order valence-corrected chi connectivity index (χ3v) is 5.62. The zero-order valence-corrected chi connectivity index (χ0v) is 12.7. The van der Waals surface area contributed by atoms with Crippen molar-refractivity contribution in [1.82, 2.24) is 0 Å². The Morgan fingerprint density at radius 2 is 1.88 bits per heavy atom. The Kier molecular flexibility index (Phi) is 6.35. The van der Waals surface area contributed by atoms with Crippen LogP contribution in [-0.2, 0) is 4.74 Å². The highest BCUT2D eigenvalue weighted by Gasteiger charge is 2.49. The van der Waals surface area contributed by atoms with E-state index in [0.717, 1.165) is 6.61 Å². The van der Waals surface area contributed by atoms with Crippen LogP contribution in [0.2, 0.25) is 0 Å². The average molecular weight is 291 g/mol. The van der Waals surface area contributed by atoms with Gasteiger partial charge in [0.15, 0.2) is 0 Å². The third-order valence-electron chi connectivity index (χ3n) is 4.20. The Hall–Kier alpha value is 0.440. The summed E-state index contributed by atoms with van der Waals surface area (Å²) in [5.74, 6) is 0. The summed E-state index contributed by atoms with van der Waals surface area (Å²) in [4.78, 5) is 0.662. The maximum absolute atomic E-state index is 6.01. The molecule has 3 unspecified atom stereocenters. The van der Waals surface area contributed by atoms with Gasteiger partial charge in [-0.1, -0.05) is 62.4 Å². The Morgan fingerprint density at radius 3 is 2.44 bits per heavy atom. The fourth-order valence-corrected chi connectivity index (χ4v) is 3.36. The molecule has 16 heavy (non-hydrogen) atoms. The lowest BCUT2D eigenvalue weighted by Gasteiger charge is -2.51. The van der Waals surface area contributed by atoms with Gasteiger partial charge in [0, 0.05) is 16.8 Å². The van der Waals surface area contributed by atoms with Gasteiger partial charge in [0.25, 0.3) is 0 Å². The second-order valence-corrected chi connectivity index (χ2v) is 6.44. The van der Waals surface area contributed by atoms with Crippen LogP contribution >= 0.6 is 15.9 Å². The van der Waals surface area contributed by atoms with Gasteiger partial charge < -0.3 is 4.74 Å². The number of unbranched alkanes of at least 4 members (excludes halogenated alkanes) is 4. The molecule has 1 aliphatic rings. The molecule has 1 saturated carbocycles. The van der Waals surface area contributed by atoms with Gasteiger partial charge in [0.05, 0.1) is 6.10 Å². The Labute approximate surface area is 109 Å². The van der Waals surface area contributed by atoms with E-state index in [9.17, 15) is 0 Å². The maximum atomic E-state index is 6.01. The van der Waals surface area contributed by atoms with Gasteiger partial charge in [0.1, 0.15) is 0 Å². The minimum absolute atomic E-state index is 0.378. The number of ether oxygens (including phenoxy) is 1. The van der Waals surface area contributed by atoms with Crippen LogP contribution in [0, 0.1) is 5.41 Å². The van der Waals surface area contributed by atoms with E-state index in [-0.39, 0.29) is 0 Å². The van der Waals surface area contributed by atoms with E-state index in [1.165, 1.54) is 44.9 Å². The van der Waals surface area contributed by atoms with Crippen LogP contribution in [0.3, 0.4) is 0 Å². The van der Waals surface area contributed by atoms with Crippen molar-refractivity contribution >= 4 is 15.9 Å². The van der Waals surface area contributed by atoms with E-state index in [2.05, 4.69) is 36.7 Å². The summed E-state index contributed by atoms with van der Waals surface area (Å²) < 4.78 is 6.01. The molecular formula is C14H27BrO. The van der Waals surface area contributed by atoms with Gasteiger partial charge in [0.2, 0.25) is 0 Å². The van der Waals surface area contributed by atoms with Crippen LogP contribution in [0.25, 0.3) is 0 Å². The Bertz CT molecular complexity index is 195. The van der Waals surface area contributed by atoms with E-state index in [1.54, 1.807) is 0 Å². The molecule has 3 atom stereocenters. The van der Waals surface area contributed by atoms with Gasteiger partial charge in [-0.3, -0.25) is 0 Å². The number of rotatable bonds is 8. The molecule has 1 aliphatic carbocycles. The van der Waals surface area contributed by atoms with Gasteiger partial charge in [-0.05, 0) is 19.3 Å². The van der Waals surface area contributed by atoms with Crippen molar-refractivity contribution < 1.29 is 4.74 Å². The van der Waals surface area contributed by atoms with Crippen LogP contribution in [0.4, 0.5) is 0 Å². The normalized spacial score (nSPS) is 33.8. The number of hydrogen-bond donors (Lipinski definition) is 0. The van der Waals surface area contributed by atoms with Crippen molar-refractivity contribution in [3.8, 4) is 0 Å². The quantitative estimate of drug-likeness (QED) is 0.455. The summed E-state index contributed by atoms with van der Waals surface area (Å²) in [7, 11) is 0. The Balaban J connectivity index is 2.06. The molecule has 0 aliphatic heterocycles. The molecule has 0 saturated heterocycles. The van der Waals surface area contributed by atoms with E-state index in [1.807, 2.05) is 0 Å². The molecule has 0 radical (unpaired) electrons. The number of hydrogen-bond acceptors (Lipinski definition) is 1. The topological polar surface area (TPSA) is 9.23 Å². The van der Waals surface area contributed by atoms with Crippen molar-refractivity contribution in [1.29, 1.82) is 0 Å². The standard InChI is InChI=1S/C14H27BrO/c1-4-6-7-8-9-10-16-13-11-12(15)14(13,3)5-2/h12-13H,4-11H2,1-3H3. The zero-order valence-electron chi connectivity index (χ0n) is 11.1. The first-order valence-electron chi connectivity index (χ1n) is 6.90. The highest BCUT2D eigenvalue weighted by atomic mass is 79.9. The van der Waals surface area contributed by atoms with Crippen molar-refractivity contribution in [3.63, 3.8) is 0 Å². The first-order valence-corrected chi connectivity index (χ1v) is 7.82. The molecule has 0 aromatic heterocycles. The smallest absolute Gasteiger partial charge is 0.0650 e. The van der Waals surface area contributed by atoms with Gasteiger partial charge in [-0.15, -0.1) is 0 Å². The number of alkyl halides is 1. The minimum Gasteiger partial charge on any atom is -0.378 e. The summed E-state index contributed by atoms with van der Waals surface area (Å²) in [6, 6.07) is 0. The highest BCUT2D eigenvalue weighted by Crippen LogP contribution is 2.50. The van der Waals surface area contributed by atoms with Crippen LogP contribution < -0.4 is 0 Å². The van der Waals surface area contributed by atoms with E-state index in [4.69, 9.17) is 4.74 Å². The molecule has 0 amide bonds. The van der Waals surface area contributed by atoms with Crippen molar-refractivity contribution in [2.24, 2.45) is 5.41 Å². The van der Waals surface area contributed by atoms with Crippen molar-refractivity contribution in [2.75, 3.05) is 6.61 Å². The summed E-state index contributed by atoms with van der Waals surface area (Å²) in [6.07, 6.45) is 9.54. The lowest BCUT2D eigenvalue weighted by molar-refractivity contribution is -0.0968. The predicted molar refractivity (Wildman–Crippen MR) is 74.2 cm³/mol. The largest absolute Gasteiger partial charge is 0.378 e. The molecule has 1 fully saturated rings. The third kappa shape index (κ3) is 3.46. The maximum Gasteiger partial charge on any atom is 0.0650 e. The molecule has 1 rings (SSSR count). The lowest BCUT2D eigenvalue weighted by atomic mass is 9.66. The van der Waals surface area contributed by atoms with E-state index in [0.29, 0.717) is 16.3 Å². The first-order chi connectivity index (χ1) is 7.65. The summed E-state index contributed by atoms with van der Waals surface area (Å²) >= 11 is 3.75. The summed E-state index contributed by atoms with van der Waals surface area (Å²) in [6.45, 7) is 7.83. The fourth-order valence-electron chi connectivity index (χ4n) is 2.41. The molecule has 0 aromatic carbocycles. The van der Waals surface area contributed by atoms with Gasteiger partial charge in [-0.2, -0.15) is 0 Å². The molecule has 0 bridgehead atoms. The minimum atomic E-state index is 0.378. The molecule has 1 nitrogen and oxygen atoms in total. The molecular weight excluding hydrogens is 264 g/mol. The van der Waals surface area contributed by atoms with Crippen molar-refractivity contribution in [3.05, 3.63) is 0 Å². The molecule has 0 aromatic rings. The molecule has 96 valence electrons. The Morgan fingerprint density at radius 1 is 1.19 bits per heavy atom. The second-order valence-electron chi connectivity index (χ2n) is 5.34. The van der Waals surface area contributed by atoms with E-state index >= 15 is 0 Å². The molecule has 0 spiro atoms. The van der Waals surface area contributed by atoms with Crippen LogP contribution in [0.15, 0.2) is 0 Å². The van der Waals surface area contributed by atoms with Crippen LogP contribution in [-0.4, -0.2) is 17.5 Å². The van der Waals surface area contributed by atoms with Crippen LogP contribution in [0.5, 0.6) is 0 Å². The van der Waals surface area contributed by atoms with Crippen LogP contribution in [0.1, 0.15) is 65.7 Å². The highest BCUT2D eigenvalue weighted by molar-refractivity contribution is 9.09. The SMILES string of the molecule is CCCCCCCOC1CC(Br)C1(C)CC. The predicted octanol–water partition coefficient (Wildman–Crippen LogP) is 4.93. The number of halogens is 1. The second kappa shape index (κ2) is 7.00. The van der Waals surface area contributed by atoms with E-state index < -0.39 is 0 Å². The molecule has 0 heterocycles. The summed E-state index contributed by atoms with van der Waals surface area (Å²) in [5.41, 5.74) is 0.378. The van der Waals surface area contributed by atoms with Crippen molar-refractivity contribution in [2.45, 2.75) is 76.6 Å². The first kappa shape index (κ1) is 14.5. The molecule has 2 heteroatoms.